The Balaban J connectivity index is 2.04. The van der Waals surface area contributed by atoms with Gasteiger partial charge in [-0.3, -0.25) is 0 Å². The maximum absolute atomic E-state index is 11.6. The molecule has 1 unspecified atom stereocenters. The predicted molar refractivity (Wildman–Crippen MR) is 67.7 cm³/mol. The molecular weight excluding hydrogens is 228 g/mol. The summed E-state index contributed by atoms with van der Waals surface area (Å²) in [6, 6.07) is 0. The molecule has 3 nitrogen and oxygen atoms in total. The molecule has 1 aliphatic heterocycles. The van der Waals surface area contributed by atoms with Crippen molar-refractivity contribution in [3.63, 3.8) is 0 Å². The van der Waals surface area contributed by atoms with E-state index in [0.29, 0.717) is 11.5 Å². The number of fused-ring (bicyclic) bond motifs is 2. The van der Waals surface area contributed by atoms with Crippen molar-refractivity contribution in [3.8, 4) is 0 Å². The molecule has 1 saturated heterocycles. The second-order valence-corrected chi connectivity index (χ2v) is 6.23. The first-order valence-electron chi connectivity index (χ1n) is 6.73. The predicted octanol–water partition coefficient (Wildman–Crippen LogP) is 2.21. The highest BCUT2D eigenvalue weighted by Gasteiger charge is 2.52. The van der Waals surface area contributed by atoms with Crippen molar-refractivity contribution in [1.29, 1.82) is 0 Å². The molecule has 0 bridgehead atoms. The number of hydrogen-bond acceptors (Lipinski definition) is 3. The summed E-state index contributed by atoms with van der Waals surface area (Å²) in [5.41, 5.74) is 1.63. The van der Waals surface area contributed by atoms with Crippen molar-refractivity contribution in [2.45, 2.75) is 45.3 Å². The van der Waals surface area contributed by atoms with Crippen molar-refractivity contribution in [3.05, 3.63) is 23.8 Å². The van der Waals surface area contributed by atoms with Crippen LogP contribution >= 0.6 is 0 Å². The van der Waals surface area contributed by atoms with E-state index in [2.05, 4.69) is 26.5 Å². The van der Waals surface area contributed by atoms with Gasteiger partial charge in [0.25, 0.3) is 0 Å². The fourth-order valence-electron chi connectivity index (χ4n) is 3.88. The maximum Gasteiger partial charge on any atom is 0.334 e. The summed E-state index contributed by atoms with van der Waals surface area (Å²) in [4.78, 5) is 11.6. The van der Waals surface area contributed by atoms with Gasteiger partial charge in [0.15, 0.2) is 0 Å². The van der Waals surface area contributed by atoms with Gasteiger partial charge in [-0.25, -0.2) is 4.79 Å². The van der Waals surface area contributed by atoms with Crippen LogP contribution in [0.25, 0.3) is 0 Å². The van der Waals surface area contributed by atoms with E-state index < -0.39 is 0 Å². The Hall–Kier alpha value is -1.09. The number of esters is 1. The first kappa shape index (κ1) is 12.0. The van der Waals surface area contributed by atoms with Gasteiger partial charge in [-0.15, -0.1) is 0 Å². The largest absolute Gasteiger partial charge is 0.458 e. The number of rotatable bonds is 0. The molecule has 2 fully saturated rings. The highest BCUT2D eigenvalue weighted by Crippen LogP contribution is 2.53. The summed E-state index contributed by atoms with van der Waals surface area (Å²) in [7, 11) is 0. The van der Waals surface area contributed by atoms with E-state index in [1.54, 1.807) is 0 Å². The highest BCUT2D eigenvalue weighted by molar-refractivity contribution is 5.91. The van der Waals surface area contributed by atoms with E-state index in [4.69, 9.17) is 4.74 Å². The second-order valence-electron chi connectivity index (χ2n) is 6.23. The summed E-state index contributed by atoms with van der Waals surface area (Å²) >= 11 is 0. The lowest BCUT2D eigenvalue weighted by Gasteiger charge is -2.48. The normalized spacial score (nSPS) is 47.2. The molecule has 98 valence electrons. The Morgan fingerprint density at radius 2 is 2.22 bits per heavy atom. The summed E-state index contributed by atoms with van der Waals surface area (Å²) in [6.45, 7) is 8.15. The Morgan fingerprint density at radius 1 is 1.50 bits per heavy atom. The molecule has 3 heteroatoms. The van der Waals surface area contributed by atoms with Gasteiger partial charge in [-0.05, 0) is 25.2 Å². The van der Waals surface area contributed by atoms with Gasteiger partial charge in [0, 0.05) is 16.9 Å². The molecule has 0 aromatic heterocycles. The fourth-order valence-corrected chi connectivity index (χ4v) is 3.88. The van der Waals surface area contributed by atoms with Gasteiger partial charge < -0.3 is 9.84 Å². The minimum absolute atomic E-state index is 0.0216. The maximum atomic E-state index is 11.6. The van der Waals surface area contributed by atoms with Crippen LogP contribution in [0, 0.1) is 17.3 Å². The van der Waals surface area contributed by atoms with Crippen LogP contribution in [0.3, 0.4) is 0 Å². The zero-order valence-corrected chi connectivity index (χ0v) is 11.0. The van der Waals surface area contributed by atoms with Crippen LogP contribution in [0.1, 0.15) is 33.1 Å². The van der Waals surface area contributed by atoms with E-state index in [0.717, 1.165) is 19.3 Å². The highest BCUT2D eigenvalue weighted by atomic mass is 16.6. The Labute approximate surface area is 108 Å². The van der Waals surface area contributed by atoms with Gasteiger partial charge in [0.1, 0.15) is 6.10 Å². The summed E-state index contributed by atoms with van der Waals surface area (Å²) in [5, 5.41) is 10.3. The molecule has 0 spiro atoms. The van der Waals surface area contributed by atoms with E-state index in [-0.39, 0.29) is 29.5 Å². The molecule has 18 heavy (non-hydrogen) atoms. The van der Waals surface area contributed by atoms with Crippen LogP contribution in [0.5, 0.6) is 0 Å². The van der Waals surface area contributed by atoms with Crippen molar-refractivity contribution >= 4 is 5.97 Å². The zero-order chi connectivity index (χ0) is 13.1. The second kappa shape index (κ2) is 3.70. The van der Waals surface area contributed by atoms with Gasteiger partial charge in [0.2, 0.25) is 0 Å². The van der Waals surface area contributed by atoms with Gasteiger partial charge in [-0.1, -0.05) is 32.1 Å². The molecule has 3 rings (SSSR count). The Kier molecular flexibility index (Phi) is 2.46. The molecule has 0 aromatic rings. The third-order valence-electron chi connectivity index (χ3n) is 5.11. The molecule has 1 N–H and O–H groups in total. The average Bonchev–Trinajstić information content (AvgIpc) is 2.58. The molecule has 3 aliphatic rings. The van der Waals surface area contributed by atoms with Crippen LogP contribution in [0.15, 0.2) is 23.8 Å². The molecular formula is C15H20O3. The minimum Gasteiger partial charge on any atom is -0.458 e. The van der Waals surface area contributed by atoms with Crippen LogP contribution in [0.2, 0.25) is 0 Å². The van der Waals surface area contributed by atoms with Crippen molar-refractivity contribution in [2.75, 3.05) is 0 Å². The van der Waals surface area contributed by atoms with Crippen molar-refractivity contribution in [2.24, 2.45) is 17.3 Å². The van der Waals surface area contributed by atoms with Crippen LogP contribution in [0.4, 0.5) is 0 Å². The molecule has 5 atom stereocenters. The number of carbonyl (C=O) groups excluding carboxylic acids is 1. The van der Waals surface area contributed by atoms with Crippen molar-refractivity contribution in [1.82, 2.24) is 0 Å². The molecule has 2 aliphatic carbocycles. The number of hydrogen-bond donors (Lipinski definition) is 1. The molecule has 1 heterocycles. The molecule has 0 amide bonds. The standard InChI is InChI=1S/C15H20O3/c1-8-4-5-13(16)15(3)7-12-10(6-11(8)15)9(2)14(17)18-12/h6,8,10,12-13,16H,2,4-5,7H2,1,3H3/t8?,10-,12-,13-,15-/m1/s1. The Morgan fingerprint density at radius 3 is 2.94 bits per heavy atom. The number of aliphatic hydroxyl groups excluding tert-OH is 1. The summed E-state index contributed by atoms with van der Waals surface area (Å²) in [6.07, 6.45) is 4.27. The van der Waals surface area contributed by atoms with E-state index >= 15 is 0 Å². The van der Waals surface area contributed by atoms with Crippen molar-refractivity contribution < 1.29 is 14.6 Å². The lowest BCUT2D eigenvalue weighted by molar-refractivity contribution is -0.141. The molecule has 0 aromatic carbocycles. The minimum atomic E-state index is -0.325. The van der Waals surface area contributed by atoms with E-state index in [1.807, 2.05) is 0 Å². The topological polar surface area (TPSA) is 46.5 Å². The smallest absolute Gasteiger partial charge is 0.334 e. The van der Waals surface area contributed by atoms with E-state index in [9.17, 15) is 9.90 Å². The lowest BCUT2D eigenvalue weighted by Crippen LogP contribution is -2.46. The zero-order valence-electron chi connectivity index (χ0n) is 11.0. The van der Waals surface area contributed by atoms with Gasteiger partial charge in [-0.2, -0.15) is 0 Å². The van der Waals surface area contributed by atoms with Crippen LogP contribution < -0.4 is 0 Å². The van der Waals surface area contributed by atoms with Crippen LogP contribution in [-0.4, -0.2) is 23.3 Å². The fraction of sp³-hybridized carbons (Fsp3) is 0.667. The average molecular weight is 248 g/mol. The lowest BCUT2D eigenvalue weighted by atomic mass is 9.58. The third kappa shape index (κ3) is 1.43. The SMILES string of the molecule is C=C1C(=O)O[C@@H]2C[C@]3(C)C(=C[C@H]12)C(C)CC[C@H]3O. The van der Waals surface area contributed by atoms with Crippen LogP contribution in [-0.2, 0) is 9.53 Å². The number of aliphatic hydroxyl groups is 1. The number of carbonyl (C=O) groups is 1. The quantitative estimate of drug-likeness (QED) is 0.406. The molecule has 0 radical (unpaired) electrons. The Bertz CT molecular complexity index is 451. The van der Waals surface area contributed by atoms with E-state index in [1.165, 1.54) is 5.57 Å². The van der Waals surface area contributed by atoms with Gasteiger partial charge in [0.05, 0.1) is 6.10 Å². The first-order chi connectivity index (χ1) is 8.43. The first-order valence-corrected chi connectivity index (χ1v) is 6.73. The number of ether oxygens (including phenoxy) is 1. The summed E-state index contributed by atoms with van der Waals surface area (Å²) in [5.74, 6) is 0.224. The van der Waals surface area contributed by atoms with Gasteiger partial charge >= 0.3 is 5.97 Å². The summed E-state index contributed by atoms with van der Waals surface area (Å²) < 4.78 is 5.38. The third-order valence-corrected chi connectivity index (χ3v) is 5.11. The molecule has 1 saturated carbocycles. The monoisotopic (exact) mass is 248 g/mol.